The van der Waals surface area contributed by atoms with E-state index in [1.54, 1.807) is 6.07 Å². The average Bonchev–Trinajstić information content (AvgIpc) is 3.05. The molecule has 3 aromatic carbocycles. The van der Waals surface area contributed by atoms with Gasteiger partial charge in [0, 0.05) is 33.5 Å². The maximum absolute atomic E-state index is 14.5. The van der Waals surface area contributed by atoms with Gasteiger partial charge in [-0.1, -0.05) is 39.0 Å². The van der Waals surface area contributed by atoms with E-state index in [0.717, 1.165) is 55.3 Å². The minimum atomic E-state index is -0.185. The molecule has 3 heteroatoms. The summed E-state index contributed by atoms with van der Waals surface area (Å²) >= 11 is 0. The highest BCUT2D eigenvalue weighted by Crippen LogP contribution is 2.38. The molecule has 2 aromatic heterocycles. The molecular formula is C27H24FNO. The van der Waals surface area contributed by atoms with Crippen molar-refractivity contribution in [3.8, 4) is 11.3 Å². The summed E-state index contributed by atoms with van der Waals surface area (Å²) in [5.74, 6) is 0.714. The number of furan rings is 1. The number of rotatable bonds is 1. The fourth-order valence-electron chi connectivity index (χ4n) is 4.39. The van der Waals surface area contributed by atoms with E-state index in [1.807, 2.05) is 44.3 Å². The molecule has 2 heterocycles. The van der Waals surface area contributed by atoms with E-state index in [0.29, 0.717) is 5.39 Å². The number of nitrogens with zero attached hydrogens (tertiary/aromatic N) is 1. The van der Waals surface area contributed by atoms with Crippen molar-refractivity contribution in [2.45, 2.75) is 40.0 Å². The molecule has 0 saturated heterocycles. The number of hydrogen-bond donors (Lipinski definition) is 0. The third-order valence-corrected chi connectivity index (χ3v) is 5.79. The molecule has 0 aliphatic heterocycles. The Morgan fingerprint density at radius 3 is 2.37 bits per heavy atom. The molecule has 0 N–H and O–H groups in total. The van der Waals surface area contributed by atoms with Gasteiger partial charge in [0.05, 0.1) is 5.69 Å². The number of aryl methyl sites for hydroxylation is 2. The minimum Gasteiger partial charge on any atom is -0.461 e. The molecule has 30 heavy (non-hydrogen) atoms. The lowest BCUT2D eigenvalue weighted by atomic mass is 9.84. The van der Waals surface area contributed by atoms with Crippen LogP contribution in [0.4, 0.5) is 4.39 Å². The van der Waals surface area contributed by atoms with Gasteiger partial charge in [-0.15, -0.1) is 0 Å². The van der Waals surface area contributed by atoms with Gasteiger partial charge in [0.2, 0.25) is 0 Å². The van der Waals surface area contributed by atoms with Crippen LogP contribution in [-0.4, -0.2) is 4.98 Å². The number of fused-ring (bicyclic) bond motifs is 4. The molecule has 0 saturated carbocycles. The van der Waals surface area contributed by atoms with Gasteiger partial charge in [-0.3, -0.25) is 4.98 Å². The van der Waals surface area contributed by atoms with Crippen molar-refractivity contribution in [3.05, 3.63) is 77.4 Å². The maximum atomic E-state index is 14.5. The van der Waals surface area contributed by atoms with E-state index in [1.165, 1.54) is 0 Å². The standard InChI is InChI=1S/C27H24FNO/c1-15-10-22-19-8-9-29-25(21(19)7-6-20(22)24(28)11-15)17-13-18-12-16(2)30-26(18)23(14-17)27(3,4)5/h6-14H,1-5H3. The molecule has 2 nitrogen and oxygen atoms in total. The highest BCUT2D eigenvalue weighted by atomic mass is 19.1. The number of halogens is 1. The number of benzene rings is 3. The maximum Gasteiger partial charge on any atom is 0.138 e. The Bertz CT molecular complexity index is 1450. The number of pyridine rings is 1. The lowest BCUT2D eigenvalue weighted by Crippen LogP contribution is -2.11. The fraction of sp³-hybridized carbons (Fsp3) is 0.222. The van der Waals surface area contributed by atoms with Crippen LogP contribution in [0, 0.1) is 19.7 Å². The van der Waals surface area contributed by atoms with E-state index in [2.05, 4.69) is 39.0 Å². The quantitative estimate of drug-likeness (QED) is 0.269. The molecule has 0 bridgehead atoms. The van der Waals surface area contributed by atoms with Gasteiger partial charge in [-0.05, 0) is 65.9 Å². The van der Waals surface area contributed by atoms with E-state index < -0.39 is 0 Å². The Kier molecular flexibility index (Phi) is 4.01. The Labute approximate surface area is 175 Å². The lowest BCUT2D eigenvalue weighted by Gasteiger charge is -2.20. The smallest absolute Gasteiger partial charge is 0.138 e. The monoisotopic (exact) mass is 397 g/mol. The average molecular weight is 397 g/mol. The summed E-state index contributed by atoms with van der Waals surface area (Å²) in [6, 6.07) is 15.9. The zero-order valence-corrected chi connectivity index (χ0v) is 17.9. The van der Waals surface area contributed by atoms with Gasteiger partial charge in [0.1, 0.15) is 17.2 Å². The third kappa shape index (κ3) is 2.88. The molecule has 0 aliphatic rings. The number of aromatic nitrogens is 1. The highest BCUT2D eigenvalue weighted by molar-refractivity contribution is 6.11. The lowest BCUT2D eigenvalue weighted by molar-refractivity contribution is 0.542. The summed E-state index contributed by atoms with van der Waals surface area (Å²) in [5, 5.41) is 4.68. The fourth-order valence-corrected chi connectivity index (χ4v) is 4.39. The van der Waals surface area contributed by atoms with Crippen molar-refractivity contribution in [2.75, 3.05) is 0 Å². The summed E-state index contributed by atoms with van der Waals surface area (Å²) in [6.45, 7) is 10.5. The SMILES string of the molecule is Cc1cc(F)c2ccc3c(-c4cc(C(C)(C)C)c5oc(C)cc5c4)nccc3c2c1. The van der Waals surface area contributed by atoms with Gasteiger partial charge in [-0.25, -0.2) is 4.39 Å². The van der Waals surface area contributed by atoms with Crippen LogP contribution in [0.1, 0.15) is 37.7 Å². The first kappa shape index (κ1) is 18.8. The second-order valence-corrected chi connectivity index (χ2v) is 9.21. The molecule has 0 aliphatic carbocycles. The molecule has 0 fully saturated rings. The Hall–Kier alpha value is -3.20. The van der Waals surface area contributed by atoms with Crippen LogP contribution in [0.2, 0.25) is 0 Å². The van der Waals surface area contributed by atoms with Crippen LogP contribution in [-0.2, 0) is 5.41 Å². The largest absolute Gasteiger partial charge is 0.461 e. The summed E-state index contributed by atoms with van der Waals surface area (Å²) < 4.78 is 20.6. The molecule has 0 spiro atoms. The highest BCUT2D eigenvalue weighted by Gasteiger charge is 2.22. The van der Waals surface area contributed by atoms with Gasteiger partial charge in [0.15, 0.2) is 0 Å². The molecule has 0 unspecified atom stereocenters. The van der Waals surface area contributed by atoms with Crippen molar-refractivity contribution in [3.63, 3.8) is 0 Å². The van der Waals surface area contributed by atoms with Gasteiger partial charge < -0.3 is 4.42 Å². The first-order valence-corrected chi connectivity index (χ1v) is 10.2. The van der Waals surface area contributed by atoms with E-state index >= 15 is 0 Å². The topological polar surface area (TPSA) is 26.0 Å². The predicted molar refractivity (Wildman–Crippen MR) is 123 cm³/mol. The third-order valence-electron chi connectivity index (χ3n) is 5.79. The number of hydrogen-bond acceptors (Lipinski definition) is 2. The summed E-state index contributed by atoms with van der Waals surface area (Å²) in [7, 11) is 0. The van der Waals surface area contributed by atoms with Gasteiger partial charge >= 0.3 is 0 Å². The van der Waals surface area contributed by atoms with Gasteiger partial charge in [-0.2, -0.15) is 0 Å². The van der Waals surface area contributed by atoms with Crippen molar-refractivity contribution >= 4 is 32.5 Å². The van der Waals surface area contributed by atoms with Crippen LogP contribution < -0.4 is 0 Å². The van der Waals surface area contributed by atoms with E-state index in [4.69, 9.17) is 9.40 Å². The zero-order valence-electron chi connectivity index (χ0n) is 17.9. The molecule has 0 atom stereocenters. The first-order valence-electron chi connectivity index (χ1n) is 10.2. The van der Waals surface area contributed by atoms with E-state index in [-0.39, 0.29) is 11.2 Å². The Morgan fingerprint density at radius 1 is 0.833 bits per heavy atom. The van der Waals surface area contributed by atoms with Crippen molar-refractivity contribution in [1.29, 1.82) is 0 Å². The Balaban J connectivity index is 1.86. The summed E-state index contributed by atoms with van der Waals surface area (Å²) in [4.78, 5) is 4.74. The molecule has 0 amide bonds. The van der Waals surface area contributed by atoms with Crippen molar-refractivity contribution < 1.29 is 8.81 Å². The summed E-state index contributed by atoms with van der Waals surface area (Å²) in [5.41, 5.74) is 4.89. The van der Waals surface area contributed by atoms with Crippen LogP contribution in [0.3, 0.4) is 0 Å². The van der Waals surface area contributed by atoms with Crippen LogP contribution in [0.5, 0.6) is 0 Å². The van der Waals surface area contributed by atoms with E-state index in [9.17, 15) is 4.39 Å². The normalized spacial score (nSPS) is 12.3. The van der Waals surface area contributed by atoms with Crippen LogP contribution in [0.25, 0.3) is 43.8 Å². The van der Waals surface area contributed by atoms with Gasteiger partial charge in [0.25, 0.3) is 0 Å². The second kappa shape index (κ2) is 6.40. The van der Waals surface area contributed by atoms with Crippen molar-refractivity contribution in [1.82, 2.24) is 4.98 Å². The van der Waals surface area contributed by atoms with Crippen LogP contribution >= 0.6 is 0 Å². The molecule has 5 rings (SSSR count). The minimum absolute atomic E-state index is 0.0733. The first-order chi connectivity index (χ1) is 14.2. The molecule has 0 radical (unpaired) electrons. The summed E-state index contributed by atoms with van der Waals surface area (Å²) in [6.07, 6.45) is 1.82. The molecule has 5 aromatic rings. The Morgan fingerprint density at radius 2 is 1.60 bits per heavy atom. The molecular weight excluding hydrogens is 373 g/mol. The van der Waals surface area contributed by atoms with Crippen LogP contribution in [0.15, 0.2) is 59.1 Å². The zero-order chi connectivity index (χ0) is 21.2. The second-order valence-electron chi connectivity index (χ2n) is 9.21. The predicted octanol–water partition coefficient (Wildman–Crippen LogP) is 7.85. The van der Waals surface area contributed by atoms with Crippen molar-refractivity contribution in [2.24, 2.45) is 0 Å². The molecule has 150 valence electrons.